The molecule has 0 aliphatic heterocycles. The van der Waals surface area contributed by atoms with Crippen molar-refractivity contribution in [3.63, 3.8) is 0 Å². The maximum Gasteiger partial charge on any atom is 0.268 e. The molecule has 101 valence electrons. The first-order valence-corrected chi connectivity index (χ1v) is 8.22. The standard InChI is InChI=1S/C15H11BrNO2S/c1-11-6-8-12(9-7-11)20(18,19)17-10-14(16)13-4-2-3-5-15(13)17/h3-10H,1H3. The fourth-order valence-electron chi connectivity index (χ4n) is 2.07. The molecule has 2 aromatic carbocycles. The lowest BCUT2D eigenvalue weighted by atomic mass is 10.2. The van der Waals surface area contributed by atoms with Gasteiger partial charge >= 0.3 is 0 Å². The van der Waals surface area contributed by atoms with Crippen LogP contribution in [-0.2, 0) is 10.0 Å². The third-order valence-corrected chi connectivity index (χ3v) is 5.46. The molecule has 0 fully saturated rings. The summed E-state index contributed by atoms with van der Waals surface area (Å²) in [6.45, 7) is 1.92. The van der Waals surface area contributed by atoms with Gasteiger partial charge in [-0.3, -0.25) is 0 Å². The Kier molecular flexibility index (Phi) is 3.18. The molecule has 20 heavy (non-hydrogen) atoms. The van der Waals surface area contributed by atoms with Crippen LogP contribution in [0.25, 0.3) is 10.9 Å². The molecule has 5 heteroatoms. The maximum absolute atomic E-state index is 12.7. The Hall–Kier alpha value is -1.59. The van der Waals surface area contributed by atoms with Crippen molar-refractivity contribution in [3.8, 4) is 0 Å². The van der Waals surface area contributed by atoms with Crippen molar-refractivity contribution in [3.05, 3.63) is 64.8 Å². The van der Waals surface area contributed by atoms with Gasteiger partial charge in [0.25, 0.3) is 10.0 Å². The molecule has 3 rings (SSSR count). The molecule has 0 amide bonds. The molecule has 0 saturated carbocycles. The number of benzene rings is 2. The summed E-state index contributed by atoms with van der Waals surface area (Å²) in [5.41, 5.74) is 1.66. The van der Waals surface area contributed by atoms with Gasteiger partial charge in [-0.15, -0.1) is 0 Å². The van der Waals surface area contributed by atoms with E-state index < -0.39 is 10.0 Å². The quantitative estimate of drug-likeness (QED) is 0.707. The van der Waals surface area contributed by atoms with Gasteiger partial charge in [0, 0.05) is 16.1 Å². The lowest BCUT2D eigenvalue weighted by molar-refractivity contribution is 0.589. The Morgan fingerprint density at radius 1 is 1.15 bits per heavy atom. The highest BCUT2D eigenvalue weighted by molar-refractivity contribution is 9.10. The number of halogens is 1. The van der Waals surface area contributed by atoms with Crippen LogP contribution in [0.4, 0.5) is 0 Å². The normalized spacial score (nSPS) is 11.9. The van der Waals surface area contributed by atoms with Crippen LogP contribution in [0.1, 0.15) is 5.56 Å². The summed E-state index contributed by atoms with van der Waals surface area (Å²) < 4.78 is 27.4. The smallest absolute Gasteiger partial charge is 0.240 e. The second-order valence-electron chi connectivity index (χ2n) is 4.53. The summed E-state index contributed by atoms with van der Waals surface area (Å²) in [6.07, 6.45) is 1.58. The van der Waals surface area contributed by atoms with E-state index in [2.05, 4.69) is 22.0 Å². The second kappa shape index (κ2) is 4.75. The minimum atomic E-state index is -3.59. The second-order valence-corrected chi connectivity index (χ2v) is 7.20. The van der Waals surface area contributed by atoms with E-state index in [0.717, 1.165) is 15.4 Å². The van der Waals surface area contributed by atoms with E-state index in [9.17, 15) is 8.42 Å². The van der Waals surface area contributed by atoms with Gasteiger partial charge in [-0.2, -0.15) is 0 Å². The van der Waals surface area contributed by atoms with Gasteiger partial charge < -0.3 is 0 Å². The van der Waals surface area contributed by atoms with E-state index in [4.69, 9.17) is 0 Å². The zero-order chi connectivity index (χ0) is 14.3. The summed E-state index contributed by atoms with van der Waals surface area (Å²) in [5, 5.41) is 0.822. The molecule has 0 aliphatic carbocycles. The van der Waals surface area contributed by atoms with Crippen molar-refractivity contribution in [1.29, 1.82) is 0 Å². The molecule has 0 unspecified atom stereocenters. The van der Waals surface area contributed by atoms with E-state index in [-0.39, 0.29) is 4.90 Å². The van der Waals surface area contributed by atoms with Gasteiger partial charge in [-0.25, -0.2) is 12.4 Å². The van der Waals surface area contributed by atoms with Crippen LogP contribution >= 0.6 is 15.9 Å². The van der Waals surface area contributed by atoms with Crippen LogP contribution in [0, 0.1) is 13.0 Å². The Morgan fingerprint density at radius 2 is 1.85 bits per heavy atom. The monoisotopic (exact) mass is 348 g/mol. The first-order chi connectivity index (χ1) is 9.50. The van der Waals surface area contributed by atoms with Crippen molar-refractivity contribution < 1.29 is 8.42 Å². The maximum atomic E-state index is 12.7. The number of hydrogen-bond donors (Lipinski definition) is 0. The number of hydrogen-bond acceptors (Lipinski definition) is 2. The first-order valence-electron chi connectivity index (χ1n) is 5.99. The Morgan fingerprint density at radius 3 is 2.55 bits per heavy atom. The van der Waals surface area contributed by atoms with Crippen molar-refractivity contribution >= 4 is 36.9 Å². The largest absolute Gasteiger partial charge is 0.268 e. The Labute approximate surface area is 126 Å². The lowest BCUT2D eigenvalue weighted by Crippen LogP contribution is -2.11. The third kappa shape index (κ3) is 2.07. The molecule has 0 atom stereocenters. The molecule has 3 aromatic rings. The summed E-state index contributed by atoms with van der Waals surface area (Å²) in [7, 11) is -3.59. The van der Waals surface area contributed by atoms with Crippen LogP contribution in [0.5, 0.6) is 0 Å². The summed E-state index contributed by atoms with van der Waals surface area (Å²) >= 11 is 3.39. The average Bonchev–Trinajstić information content (AvgIpc) is 2.78. The zero-order valence-corrected chi connectivity index (χ0v) is 13.1. The van der Waals surface area contributed by atoms with E-state index >= 15 is 0 Å². The van der Waals surface area contributed by atoms with Crippen molar-refractivity contribution in [1.82, 2.24) is 3.97 Å². The number of nitrogens with zero attached hydrogens (tertiary/aromatic N) is 1. The Balaban J connectivity index is 2.27. The van der Waals surface area contributed by atoms with E-state index in [0.29, 0.717) is 5.52 Å². The van der Waals surface area contributed by atoms with Gasteiger partial charge in [-0.1, -0.05) is 23.8 Å². The molecule has 1 heterocycles. The molecule has 0 bridgehead atoms. The molecule has 0 aliphatic rings. The van der Waals surface area contributed by atoms with Gasteiger partial charge in [0.15, 0.2) is 0 Å². The topological polar surface area (TPSA) is 39.1 Å². The summed E-state index contributed by atoms with van der Waals surface area (Å²) in [6, 6.07) is 15.0. The molecular formula is C15H11BrNO2S. The zero-order valence-electron chi connectivity index (χ0n) is 10.7. The molecule has 3 nitrogen and oxygen atoms in total. The fourth-order valence-corrected chi connectivity index (χ4v) is 4.10. The van der Waals surface area contributed by atoms with E-state index in [1.165, 1.54) is 3.97 Å². The number of fused-ring (bicyclic) bond motifs is 1. The number of aryl methyl sites for hydroxylation is 1. The van der Waals surface area contributed by atoms with E-state index in [1.54, 1.807) is 48.7 Å². The number of rotatable bonds is 2. The van der Waals surface area contributed by atoms with Gasteiger partial charge in [0.05, 0.1) is 10.4 Å². The van der Waals surface area contributed by atoms with Crippen molar-refractivity contribution in [2.24, 2.45) is 0 Å². The molecular weight excluding hydrogens is 338 g/mol. The highest BCUT2D eigenvalue weighted by Gasteiger charge is 2.20. The highest BCUT2D eigenvalue weighted by Crippen LogP contribution is 2.29. The first kappa shape index (κ1) is 13.4. The molecule has 1 aromatic heterocycles. The van der Waals surface area contributed by atoms with Crippen LogP contribution in [0.2, 0.25) is 0 Å². The van der Waals surface area contributed by atoms with E-state index in [1.807, 2.05) is 6.92 Å². The average molecular weight is 349 g/mol. The molecule has 0 N–H and O–H groups in total. The summed E-state index contributed by atoms with van der Waals surface area (Å²) in [4.78, 5) is 0.278. The fraction of sp³-hybridized carbons (Fsp3) is 0.0667. The van der Waals surface area contributed by atoms with Crippen LogP contribution in [-0.4, -0.2) is 12.4 Å². The predicted molar refractivity (Wildman–Crippen MR) is 82.2 cm³/mol. The molecule has 0 saturated heterocycles. The predicted octanol–water partition coefficient (Wildman–Crippen LogP) is 3.75. The Bertz CT molecular complexity index is 880. The summed E-state index contributed by atoms with van der Waals surface area (Å²) in [5.74, 6) is 0. The van der Waals surface area contributed by atoms with Crippen LogP contribution in [0.15, 0.2) is 58.0 Å². The van der Waals surface area contributed by atoms with Crippen LogP contribution < -0.4 is 0 Å². The number of aromatic nitrogens is 1. The molecule has 1 radical (unpaired) electrons. The van der Waals surface area contributed by atoms with Crippen molar-refractivity contribution in [2.45, 2.75) is 11.8 Å². The highest BCUT2D eigenvalue weighted by atomic mass is 79.9. The minimum absolute atomic E-state index is 0.278. The van der Waals surface area contributed by atoms with Crippen LogP contribution in [0.3, 0.4) is 0 Å². The minimum Gasteiger partial charge on any atom is -0.240 e. The lowest BCUT2D eigenvalue weighted by Gasteiger charge is -2.07. The van der Waals surface area contributed by atoms with Crippen molar-refractivity contribution in [2.75, 3.05) is 0 Å². The molecule has 0 spiro atoms. The van der Waals surface area contributed by atoms with Gasteiger partial charge in [-0.05, 0) is 53.2 Å². The van der Waals surface area contributed by atoms with Gasteiger partial charge in [0.2, 0.25) is 0 Å². The van der Waals surface area contributed by atoms with Gasteiger partial charge in [0.1, 0.15) is 0 Å². The SMILES string of the molecule is Cc1ccc(S(=O)(=O)n2cc(Br)c3c[c]ccc32)cc1. The third-order valence-electron chi connectivity index (χ3n) is 3.14.